The number of rotatable bonds is 7. The Morgan fingerprint density at radius 1 is 1.31 bits per heavy atom. The maximum Gasteiger partial charge on any atom is 0.260 e. The Hall–Kier alpha value is -1.70. The molecule has 3 rings (SSSR count). The number of halogens is 1. The van der Waals surface area contributed by atoms with E-state index in [4.69, 9.17) is 16.3 Å². The normalized spacial score (nSPS) is 15.2. The van der Waals surface area contributed by atoms with Crippen molar-refractivity contribution in [2.45, 2.75) is 24.6 Å². The Labute approximate surface area is 163 Å². The van der Waals surface area contributed by atoms with Crippen molar-refractivity contribution in [2.75, 3.05) is 19.7 Å². The number of carbonyl (C=O) groups excluding carboxylic acids is 1. The van der Waals surface area contributed by atoms with Gasteiger partial charge in [-0.3, -0.25) is 14.2 Å². The van der Waals surface area contributed by atoms with Crippen LogP contribution in [0.5, 0.6) is 5.75 Å². The first-order chi connectivity index (χ1) is 12.6. The smallest absolute Gasteiger partial charge is 0.260 e. The first kappa shape index (κ1) is 19.1. The number of aryl methyl sites for hydroxylation is 1. The number of piperidine rings is 1. The van der Waals surface area contributed by atoms with E-state index in [1.165, 1.54) is 0 Å². The first-order valence-electron chi connectivity index (χ1n) is 8.63. The van der Waals surface area contributed by atoms with Crippen LogP contribution in [0.1, 0.15) is 18.5 Å². The number of likely N-dealkylation sites (tertiary alicyclic amines) is 1. The van der Waals surface area contributed by atoms with Gasteiger partial charge in [-0.2, -0.15) is 5.10 Å². The molecule has 0 unspecified atom stereocenters. The summed E-state index contributed by atoms with van der Waals surface area (Å²) in [7, 11) is 1.92. The molecule has 1 aliphatic rings. The highest BCUT2D eigenvalue weighted by molar-refractivity contribution is 7.98. The standard InChI is InChI=1S/C18H23ClN4O2S/c1-22-9-6-15(21-22)12-20-26-17-7-10-23(11-8-17)18(24)13-25-16-4-2-14(19)3-5-16/h2-6,9,17,20H,7-8,10-13H2,1H3. The third-order valence-corrected chi connectivity index (χ3v) is 5.61. The fourth-order valence-electron chi connectivity index (χ4n) is 2.78. The summed E-state index contributed by atoms with van der Waals surface area (Å²) in [6.07, 6.45) is 3.90. The Bertz CT molecular complexity index is 714. The highest BCUT2D eigenvalue weighted by Gasteiger charge is 2.23. The van der Waals surface area contributed by atoms with Gasteiger partial charge in [0.15, 0.2) is 6.61 Å². The molecule has 1 aromatic carbocycles. The van der Waals surface area contributed by atoms with E-state index in [9.17, 15) is 4.79 Å². The minimum absolute atomic E-state index is 0.0323. The average Bonchev–Trinajstić information content (AvgIpc) is 3.07. The third-order valence-electron chi connectivity index (χ3n) is 4.24. The summed E-state index contributed by atoms with van der Waals surface area (Å²) in [5.74, 6) is 0.691. The molecule has 1 saturated heterocycles. The molecule has 140 valence electrons. The molecule has 1 aromatic heterocycles. The van der Waals surface area contributed by atoms with Crippen LogP contribution in [-0.4, -0.2) is 45.5 Å². The van der Waals surface area contributed by atoms with Gasteiger partial charge in [0.2, 0.25) is 0 Å². The third kappa shape index (κ3) is 5.65. The lowest BCUT2D eigenvalue weighted by molar-refractivity contribution is -0.134. The van der Waals surface area contributed by atoms with Crippen molar-refractivity contribution in [3.8, 4) is 5.75 Å². The van der Waals surface area contributed by atoms with Gasteiger partial charge in [0, 0.05) is 36.6 Å². The molecule has 0 saturated carbocycles. The molecule has 8 heteroatoms. The van der Waals surface area contributed by atoms with Crippen molar-refractivity contribution in [2.24, 2.45) is 7.05 Å². The first-order valence-corrected chi connectivity index (χ1v) is 9.89. The molecule has 1 aliphatic heterocycles. The zero-order chi connectivity index (χ0) is 18.4. The lowest BCUT2D eigenvalue weighted by Gasteiger charge is -2.31. The van der Waals surface area contributed by atoms with E-state index >= 15 is 0 Å². The Morgan fingerprint density at radius 2 is 2.04 bits per heavy atom. The maximum atomic E-state index is 12.3. The minimum Gasteiger partial charge on any atom is -0.484 e. The van der Waals surface area contributed by atoms with Gasteiger partial charge < -0.3 is 9.64 Å². The molecule has 0 spiro atoms. The van der Waals surface area contributed by atoms with Crippen LogP contribution in [-0.2, 0) is 18.4 Å². The minimum atomic E-state index is 0.0323. The second kappa shape index (κ2) is 9.30. The van der Waals surface area contributed by atoms with Crippen molar-refractivity contribution in [1.29, 1.82) is 0 Å². The van der Waals surface area contributed by atoms with Gasteiger partial charge in [-0.25, -0.2) is 0 Å². The molecule has 1 fully saturated rings. The van der Waals surface area contributed by atoms with Crippen LogP contribution in [0.25, 0.3) is 0 Å². The highest BCUT2D eigenvalue weighted by Crippen LogP contribution is 2.22. The van der Waals surface area contributed by atoms with Gasteiger partial charge in [0.05, 0.1) is 12.2 Å². The SMILES string of the molecule is Cn1ccc(CNSC2CCN(C(=O)COc3ccc(Cl)cc3)CC2)n1. The fourth-order valence-corrected chi connectivity index (χ4v) is 3.82. The molecular formula is C18H23ClN4O2S. The predicted octanol–water partition coefficient (Wildman–Crippen LogP) is 2.88. The second-order valence-electron chi connectivity index (χ2n) is 6.24. The summed E-state index contributed by atoms with van der Waals surface area (Å²) in [6.45, 7) is 2.36. The Balaban J connectivity index is 1.33. The number of benzene rings is 1. The topological polar surface area (TPSA) is 59.4 Å². The van der Waals surface area contributed by atoms with E-state index in [0.29, 0.717) is 16.0 Å². The van der Waals surface area contributed by atoms with Crippen molar-refractivity contribution in [3.63, 3.8) is 0 Å². The van der Waals surface area contributed by atoms with Crippen molar-refractivity contribution in [3.05, 3.63) is 47.2 Å². The summed E-state index contributed by atoms with van der Waals surface area (Å²) >= 11 is 7.59. The highest BCUT2D eigenvalue weighted by atomic mass is 35.5. The zero-order valence-electron chi connectivity index (χ0n) is 14.7. The second-order valence-corrected chi connectivity index (χ2v) is 7.87. The number of amides is 1. The largest absolute Gasteiger partial charge is 0.484 e. The van der Waals surface area contributed by atoms with Gasteiger partial charge in [0.25, 0.3) is 5.91 Å². The van der Waals surface area contributed by atoms with Crippen LogP contribution in [0.3, 0.4) is 0 Å². The van der Waals surface area contributed by atoms with Gasteiger partial charge in [0.1, 0.15) is 5.75 Å². The number of hydrogen-bond donors (Lipinski definition) is 1. The van der Waals surface area contributed by atoms with Crippen LogP contribution in [0.4, 0.5) is 0 Å². The summed E-state index contributed by atoms with van der Waals surface area (Å²) in [6, 6.07) is 9.05. The number of nitrogens with zero attached hydrogens (tertiary/aromatic N) is 3. The molecule has 26 heavy (non-hydrogen) atoms. The van der Waals surface area contributed by atoms with Gasteiger partial charge in [-0.05, 0) is 43.2 Å². The van der Waals surface area contributed by atoms with E-state index < -0.39 is 0 Å². The number of nitrogens with one attached hydrogen (secondary N) is 1. The summed E-state index contributed by atoms with van der Waals surface area (Å²) in [5, 5.41) is 5.51. The van der Waals surface area contributed by atoms with E-state index in [2.05, 4.69) is 9.82 Å². The van der Waals surface area contributed by atoms with Crippen LogP contribution in [0.2, 0.25) is 5.02 Å². The molecular weight excluding hydrogens is 372 g/mol. The molecule has 6 nitrogen and oxygen atoms in total. The van der Waals surface area contributed by atoms with Gasteiger partial charge >= 0.3 is 0 Å². The van der Waals surface area contributed by atoms with Crippen molar-refractivity contribution in [1.82, 2.24) is 19.4 Å². The van der Waals surface area contributed by atoms with Crippen LogP contribution >= 0.6 is 23.5 Å². The molecule has 2 heterocycles. The van der Waals surface area contributed by atoms with Crippen molar-refractivity contribution >= 4 is 29.5 Å². The molecule has 1 amide bonds. The number of hydrogen-bond acceptors (Lipinski definition) is 5. The quantitative estimate of drug-likeness (QED) is 0.732. The average molecular weight is 395 g/mol. The van der Waals surface area contributed by atoms with Crippen molar-refractivity contribution < 1.29 is 9.53 Å². The lowest BCUT2D eigenvalue weighted by atomic mass is 10.1. The number of aromatic nitrogens is 2. The summed E-state index contributed by atoms with van der Waals surface area (Å²) < 4.78 is 10.7. The Kier molecular flexibility index (Phi) is 6.82. The van der Waals surface area contributed by atoms with Crippen LogP contribution < -0.4 is 9.46 Å². The number of carbonyl (C=O) groups is 1. The van der Waals surface area contributed by atoms with E-state index in [1.807, 2.05) is 24.2 Å². The molecule has 0 radical (unpaired) electrons. The molecule has 1 N–H and O–H groups in total. The molecule has 0 bridgehead atoms. The number of ether oxygens (including phenoxy) is 1. The lowest BCUT2D eigenvalue weighted by Crippen LogP contribution is -2.42. The molecule has 2 aromatic rings. The van der Waals surface area contributed by atoms with Gasteiger partial charge in [-0.15, -0.1) is 0 Å². The van der Waals surface area contributed by atoms with Gasteiger partial charge in [-0.1, -0.05) is 23.5 Å². The monoisotopic (exact) mass is 394 g/mol. The predicted molar refractivity (Wildman–Crippen MR) is 104 cm³/mol. The maximum absolute atomic E-state index is 12.3. The zero-order valence-corrected chi connectivity index (χ0v) is 16.3. The van der Waals surface area contributed by atoms with Crippen LogP contribution in [0, 0.1) is 0 Å². The van der Waals surface area contributed by atoms with Crippen LogP contribution in [0.15, 0.2) is 36.5 Å². The summed E-state index contributed by atoms with van der Waals surface area (Å²) in [5.41, 5.74) is 1.03. The van der Waals surface area contributed by atoms with E-state index in [1.54, 1.807) is 40.9 Å². The Morgan fingerprint density at radius 3 is 2.69 bits per heavy atom. The molecule has 0 aliphatic carbocycles. The molecule has 0 atom stereocenters. The fraction of sp³-hybridized carbons (Fsp3) is 0.444. The summed E-state index contributed by atoms with van der Waals surface area (Å²) in [4.78, 5) is 14.2. The van der Waals surface area contributed by atoms with E-state index in [0.717, 1.165) is 38.2 Å². The van der Waals surface area contributed by atoms with E-state index in [-0.39, 0.29) is 12.5 Å².